The lowest BCUT2D eigenvalue weighted by molar-refractivity contribution is 0.411. The number of amidine groups is 1. The highest BCUT2D eigenvalue weighted by molar-refractivity contribution is 6.30. The quantitative estimate of drug-likeness (QED) is 0.575. The number of aromatic nitrogens is 2. The topological polar surface area (TPSA) is 96.2 Å². The molecule has 0 fully saturated rings. The summed E-state index contributed by atoms with van der Waals surface area (Å²) < 4.78 is 0. The van der Waals surface area contributed by atoms with Gasteiger partial charge >= 0.3 is 0 Å². The number of benzene rings is 2. The SMILES string of the molecule is Cc1ccc2nc(C3=C(O)CN(c4ccc(O)cc4C)C3=N)[nH]c2c1. The van der Waals surface area contributed by atoms with Crippen LogP contribution < -0.4 is 4.90 Å². The van der Waals surface area contributed by atoms with Crippen LogP contribution in [-0.2, 0) is 0 Å². The summed E-state index contributed by atoms with van der Waals surface area (Å²) >= 11 is 0. The van der Waals surface area contributed by atoms with Crippen LogP contribution in [0, 0.1) is 19.3 Å². The molecule has 1 aromatic heterocycles. The van der Waals surface area contributed by atoms with Crippen LogP contribution in [0.5, 0.6) is 5.75 Å². The average Bonchev–Trinajstić information content (AvgIpc) is 3.07. The predicted molar refractivity (Wildman–Crippen MR) is 98.3 cm³/mol. The van der Waals surface area contributed by atoms with Crippen LogP contribution in [-0.4, -0.2) is 32.6 Å². The van der Waals surface area contributed by atoms with Crippen molar-refractivity contribution in [1.29, 1.82) is 5.41 Å². The Balaban J connectivity index is 1.75. The lowest BCUT2D eigenvalue weighted by atomic mass is 10.1. The molecule has 4 rings (SSSR count). The second-order valence-electron chi connectivity index (χ2n) is 6.33. The Kier molecular flexibility index (Phi) is 3.28. The van der Waals surface area contributed by atoms with Gasteiger partial charge < -0.3 is 20.1 Å². The summed E-state index contributed by atoms with van der Waals surface area (Å²) in [5, 5.41) is 28.6. The van der Waals surface area contributed by atoms with Gasteiger partial charge in [-0.2, -0.15) is 0 Å². The van der Waals surface area contributed by atoms with Crippen LogP contribution in [0.2, 0.25) is 0 Å². The monoisotopic (exact) mass is 334 g/mol. The van der Waals surface area contributed by atoms with Crippen molar-refractivity contribution in [2.75, 3.05) is 11.4 Å². The van der Waals surface area contributed by atoms with E-state index in [0.717, 1.165) is 27.8 Å². The normalized spacial score (nSPS) is 14.8. The van der Waals surface area contributed by atoms with Crippen molar-refractivity contribution in [3.05, 3.63) is 59.1 Å². The lowest BCUT2D eigenvalue weighted by Gasteiger charge is -2.20. The van der Waals surface area contributed by atoms with E-state index in [1.54, 1.807) is 23.1 Å². The number of H-pyrrole nitrogens is 1. The maximum absolute atomic E-state index is 10.5. The number of fused-ring (bicyclic) bond motifs is 1. The summed E-state index contributed by atoms with van der Waals surface area (Å²) in [7, 11) is 0. The van der Waals surface area contributed by atoms with Crippen LogP contribution in [0.1, 0.15) is 17.0 Å². The van der Waals surface area contributed by atoms with Gasteiger partial charge in [0.25, 0.3) is 0 Å². The zero-order chi connectivity index (χ0) is 17.7. The molecule has 1 aliphatic heterocycles. The number of nitrogens with one attached hydrogen (secondary N) is 2. The standard InChI is InChI=1S/C19H18N4O2/c1-10-3-5-13-14(7-10)22-19(21-13)17-16(25)9-23(18(17)20)15-6-4-12(24)8-11(15)2/h3-8,20,24-25H,9H2,1-2H3,(H,21,22). The zero-order valence-corrected chi connectivity index (χ0v) is 14.0. The number of aliphatic hydroxyl groups excluding tert-OH is 1. The fraction of sp³-hybridized carbons (Fsp3) is 0.158. The smallest absolute Gasteiger partial charge is 0.145 e. The number of aliphatic hydroxyl groups is 1. The van der Waals surface area contributed by atoms with E-state index >= 15 is 0 Å². The number of hydrogen-bond donors (Lipinski definition) is 4. The van der Waals surface area contributed by atoms with Gasteiger partial charge in [0.05, 0.1) is 23.2 Å². The number of phenolic OH excluding ortho intramolecular Hbond substituents is 1. The fourth-order valence-corrected chi connectivity index (χ4v) is 3.22. The Labute approximate surface area is 144 Å². The molecule has 6 heteroatoms. The van der Waals surface area contributed by atoms with Gasteiger partial charge in [0, 0.05) is 5.69 Å². The Morgan fingerprint density at radius 1 is 1.12 bits per heavy atom. The number of rotatable bonds is 2. The van der Waals surface area contributed by atoms with Gasteiger partial charge in [0.2, 0.25) is 0 Å². The van der Waals surface area contributed by atoms with E-state index in [4.69, 9.17) is 5.41 Å². The highest BCUT2D eigenvalue weighted by Gasteiger charge is 2.32. The third-order valence-corrected chi connectivity index (χ3v) is 4.45. The Morgan fingerprint density at radius 2 is 1.92 bits per heavy atom. The third-order valence-electron chi connectivity index (χ3n) is 4.45. The number of phenols is 1. The molecule has 0 radical (unpaired) electrons. The molecule has 2 aromatic carbocycles. The minimum atomic E-state index is 0.105. The molecule has 0 atom stereocenters. The van der Waals surface area contributed by atoms with Gasteiger partial charge in [0.1, 0.15) is 23.2 Å². The number of aryl methyl sites for hydroxylation is 2. The third kappa shape index (κ3) is 2.42. The minimum absolute atomic E-state index is 0.105. The first kappa shape index (κ1) is 15.3. The summed E-state index contributed by atoms with van der Waals surface area (Å²) in [6.45, 7) is 4.07. The summed E-state index contributed by atoms with van der Waals surface area (Å²) in [5.74, 6) is 0.953. The van der Waals surface area contributed by atoms with E-state index in [0.29, 0.717) is 11.4 Å². The number of aromatic amines is 1. The van der Waals surface area contributed by atoms with Gasteiger partial charge in [-0.05, 0) is 55.3 Å². The Hall–Kier alpha value is -3.28. The van der Waals surface area contributed by atoms with Crippen molar-refractivity contribution in [3.8, 4) is 5.75 Å². The van der Waals surface area contributed by atoms with Gasteiger partial charge in [-0.3, -0.25) is 5.41 Å². The molecule has 4 N–H and O–H groups in total. The van der Waals surface area contributed by atoms with Gasteiger partial charge in [-0.15, -0.1) is 0 Å². The highest BCUT2D eigenvalue weighted by atomic mass is 16.3. The van der Waals surface area contributed by atoms with Crippen LogP contribution >= 0.6 is 0 Å². The second kappa shape index (κ2) is 5.37. The largest absolute Gasteiger partial charge is 0.509 e. The first-order valence-corrected chi connectivity index (χ1v) is 7.99. The molecule has 25 heavy (non-hydrogen) atoms. The molecular formula is C19H18N4O2. The summed E-state index contributed by atoms with van der Waals surface area (Å²) in [5.41, 5.74) is 4.80. The molecule has 0 bridgehead atoms. The molecule has 2 heterocycles. The second-order valence-corrected chi connectivity index (χ2v) is 6.33. The van der Waals surface area contributed by atoms with E-state index in [9.17, 15) is 10.2 Å². The fourth-order valence-electron chi connectivity index (χ4n) is 3.22. The maximum atomic E-state index is 10.5. The van der Waals surface area contributed by atoms with Crippen LogP contribution in [0.25, 0.3) is 16.6 Å². The highest BCUT2D eigenvalue weighted by Crippen LogP contribution is 2.33. The van der Waals surface area contributed by atoms with Crippen LogP contribution in [0.4, 0.5) is 5.69 Å². The lowest BCUT2D eigenvalue weighted by Crippen LogP contribution is -2.26. The van der Waals surface area contributed by atoms with E-state index in [1.807, 2.05) is 32.0 Å². The molecule has 0 saturated carbocycles. The van der Waals surface area contributed by atoms with E-state index in [-0.39, 0.29) is 23.9 Å². The maximum Gasteiger partial charge on any atom is 0.145 e. The molecule has 6 nitrogen and oxygen atoms in total. The van der Waals surface area contributed by atoms with Gasteiger partial charge in [-0.1, -0.05) is 6.07 Å². The zero-order valence-electron chi connectivity index (χ0n) is 14.0. The van der Waals surface area contributed by atoms with Crippen molar-refractivity contribution in [2.24, 2.45) is 0 Å². The first-order valence-electron chi connectivity index (χ1n) is 7.99. The average molecular weight is 334 g/mol. The molecule has 0 unspecified atom stereocenters. The Bertz CT molecular complexity index is 1050. The predicted octanol–water partition coefficient (Wildman–Crippen LogP) is 3.65. The van der Waals surface area contributed by atoms with E-state index in [2.05, 4.69) is 9.97 Å². The van der Waals surface area contributed by atoms with Crippen molar-refractivity contribution < 1.29 is 10.2 Å². The van der Waals surface area contributed by atoms with E-state index < -0.39 is 0 Å². The molecule has 0 amide bonds. The molecule has 0 spiro atoms. The molecule has 3 aromatic rings. The van der Waals surface area contributed by atoms with Crippen LogP contribution in [0.15, 0.2) is 42.2 Å². The van der Waals surface area contributed by atoms with E-state index in [1.165, 1.54) is 0 Å². The summed E-state index contributed by atoms with van der Waals surface area (Å²) in [6.07, 6.45) is 0. The van der Waals surface area contributed by atoms with Crippen molar-refractivity contribution in [3.63, 3.8) is 0 Å². The summed E-state index contributed by atoms with van der Waals surface area (Å²) in [6, 6.07) is 10.9. The van der Waals surface area contributed by atoms with Crippen molar-refractivity contribution >= 4 is 28.1 Å². The number of nitrogens with zero attached hydrogens (tertiary/aromatic N) is 2. The van der Waals surface area contributed by atoms with Crippen molar-refractivity contribution in [1.82, 2.24) is 9.97 Å². The Morgan fingerprint density at radius 3 is 2.68 bits per heavy atom. The molecule has 126 valence electrons. The summed E-state index contributed by atoms with van der Waals surface area (Å²) in [4.78, 5) is 9.43. The molecule has 0 saturated heterocycles. The van der Waals surface area contributed by atoms with Gasteiger partial charge in [0.15, 0.2) is 0 Å². The minimum Gasteiger partial charge on any atom is -0.509 e. The number of anilines is 1. The number of aromatic hydroxyl groups is 1. The van der Waals surface area contributed by atoms with Crippen LogP contribution in [0.3, 0.4) is 0 Å². The molecular weight excluding hydrogens is 316 g/mol. The number of hydrogen-bond acceptors (Lipinski definition) is 4. The van der Waals surface area contributed by atoms with Crippen molar-refractivity contribution in [2.45, 2.75) is 13.8 Å². The molecule has 0 aliphatic carbocycles. The van der Waals surface area contributed by atoms with Gasteiger partial charge in [-0.25, -0.2) is 4.98 Å². The molecule has 1 aliphatic rings. The first-order chi connectivity index (χ1) is 11.9. The number of imidazole rings is 1.